The van der Waals surface area contributed by atoms with Crippen molar-refractivity contribution in [3.63, 3.8) is 0 Å². The largest absolute Gasteiger partial charge is 0.381 e. The summed E-state index contributed by atoms with van der Waals surface area (Å²) in [6.07, 6.45) is 8.30. The van der Waals surface area contributed by atoms with Crippen molar-refractivity contribution >= 4 is 5.96 Å². The third-order valence-electron chi connectivity index (χ3n) is 5.59. The van der Waals surface area contributed by atoms with Crippen LogP contribution in [0.3, 0.4) is 0 Å². The number of guanidine groups is 1. The van der Waals surface area contributed by atoms with Gasteiger partial charge in [0.2, 0.25) is 0 Å². The van der Waals surface area contributed by atoms with Gasteiger partial charge in [-0.05, 0) is 50.4 Å². The Balaban J connectivity index is 1.57. The molecule has 1 unspecified atom stereocenters. The van der Waals surface area contributed by atoms with Gasteiger partial charge in [-0.2, -0.15) is 0 Å². The summed E-state index contributed by atoms with van der Waals surface area (Å²) < 4.78 is 5.49. The molecule has 0 radical (unpaired) electrons. The van der Waals surface area contributed by atoms with Crippen LogP contribution in [0, 0.1) is 17.3 Å². The Hall–Kier alpha value is -0.770. The highest BCUT2D eigenvalue weighted by Gasteiger charge is 2.48. The van der Waals surface area contributed by atoms with Crippen molar-refractivity contribution in [1.29, 1.82) is 0 Å². The van der Waals surface area contributed by atoms with Crippen LogP contribution in [0.15, 0.2) is 4.99 Å². The van der Waals surface area contributed by atoms with Crippen molar-refractivity contribution in [1.82, 2.24) is 10.2 Å². The van der Waals surface area contributed by atoms with Gasteiger partial charge in [-0.25, -0.2) is 0 Å². The van der Waals surface area contributed by atoms with Gasteiger partial charge in [0.15, 0.2) is 5.96 Å². The third kappa shape index (κ3) is 3.53. The van der Waals surface area contributed by atoms with Crippen molar-refractivity contribution in [2.75, 3.05) is 39.9 Å². The molecule has 3 aliphatic rings. The minimum absolute atomic E-state index is 0.567. The first-order valence-corrected chi connectivity index (χ1v) is 8.81. The molecule has 1 saturated heterocycles. The Morgan fingerprint density at radius 2 is 2.14 bits per heavy atom. The van der Waals surface area contributed by atoms with Gasteiger partial charge in [-0.3, -0.25) is 4.99 Å². The van der Waals surface area contributed by atoms with E-state index in [0.717, 1.165) is 44.7 Å². The fourth-order valence-corrected chi connectivity index (χ4v) is 3.93. The number of ether oxygens (including phenoxy) is 1. The lowest BCUT2D eigenvalue weighted by Crippen LogP contribution is -2.43. The number of rotatable bonds is 6. The average molecular weight is 293 g/mol. The first-order valence-electron chi connectivity index (χ1n) is 8.81. The molecule has 0 aromatic carbocycles. The summed E-state index contributed by atoms with van der Waals surface area (Å²) in [6.45, 7) is 7.03. The summed E-state index contributed by atoms with van der Waals surface area (Å²) >= 11 is 0. The number of hydrogen-bond donors (Lipinski definition) is 1. The molecule has 4 heteroatoms. The van der Waals surface area contributed by atoms with Crippen LogP contribution in [0.5, 0.6) is 0 Å². The molecule has 2 saturated carbocycles. The van der Waals surface area contributed by atoms with Gasteiger partial charge < -0.3 is 15.0 Å². The van der Waals surface area contributed by atoms with E-state index < -0.39 is 0 Å². The summed E-state index contributed by atoms with van der Waals surface area (Å²) in [5, 5.41) is 3.47. The van der Waals surface area contributed by atoms with Gasteiger partial charge in [-0.1, -0.05) is 6.42 Å². The van der Waals surface area contributed by atoms with Gasteiger partial charge in [0, 0.05) is 39.2 Å². The highest BCUT2D eigenvalue weighted by molar-refractivity contribution is 5.79. The first kappa shape index (κ1) is 15.1. The molecule has 1 atom stereocenters. The van der Waals surface area contributed by atoms with Gasteiger partial charge >= 0.3 is 0 Å². The zero-order valence-corrected chi connectivity index (χ0v) is 13.7. The van der Waals surface area contributed by atoms with Gasteiger partial charge in [0.25, 0.3) is 0 Å². The predicted octanol–water partition coefficient (Wildman–Crippen LogP) is 2.50. The van der Waals surface area contributed by atoms with Crippen molar-refractivity contribution in [3.05, 3.63) is 0 Å². The van der Waals surface area contributed by atoms with Crippen molar-refractivity contribution in [3.8, 4) is 0 Å². The molecule has 0 amide bonds. The van der Waals surface area contributed by atoms with E-state index in [-0.39, 0.29) is 0 Å². The third-order valence-corrected chi connectivity index (χ3v) is 5.59. The van der Waals surface area contributed by atoms with Crippen LogP contribution in [0.4, 0.5) is 0 Å². The predicted molar refractivity (Wildman–Crippen MR) is 86.5 cm³/mol. The maximum atomic E-state index is 5.49. The highest BCUT2D eigenvalue weighted by Crippen LogP contribution is 2.57. The molecule has 0 aromatic rings. The second-order valence-corrected chi connectivity index (χ2v) is 7.27. The van der Waals surface area contributed by atoms with E-state index in [9.17, 15) is 0 Å². The van der Waals surface area contributed by atoms with E-state index in [1.54, 1.807) is 0 Å². The van der Waals surface area contributed by atoms with Crippen molar-refractivity contribution < 1.29 is 4.74 Å². The van der Waals surface area contributed by atoms with E-state index in [2.05, 4.69) is 24.2 Å². The molecule has 120 valence electrons. The normalized spacial score (nSPS) is 28.3. The molecule has 0 aromatic heterocycles. The minimum atomic E-state index is 0.567. The van der Waals surface area contributed by atoms with Gasteiger partial charge in [-0.15, -0.1) is 0 Å². The molecule has 1 heterocycles. The van der Waals surface area contributed by atoms with Crippen LogP contribution in [0.2, 0.25) is 0 Å². The quantitative estimate of drug-likeness (QED) is 0.604. The highest BCUT2D eigenvalue weighted by atomic mass is 16.5. The summed E-state index contributed by atoms with van der Waals surface area (Å²) in [4.78, 5) is 7.31. The second kappa shape index (κ2) is 6.55. The van der Waals surface area contributed by atoms with Gasteiger partial charge in [0.1, 0.15) is 0 Å². The van der Waals surface area contributed by atoms with Crippen LogP contribution >= 0.6 is 0 Å². The van der Waals surface area contributed by atoms with Crippen LogP contribution in [-0.4, -0.2) is 50.8 Å². The molecule has 21 heavy (non-hydrogen) atoms. The van der Waals surface area contributed by atoms with Gasteiger partial charge in [0.05, 0.1) is 6.61 Å². The summed E-state index contributed by atoms with van der Waals surface area (Å²) in [6, 6.07) is 0. The Morgan fingerprint density at radius 1 is 1.33 bits per heavy atom. The summed E-state index contributed by atoms with van der Waals surface area (Å²) in [7, 11) is 2.17. The lowest BCUT2D eigenvalue weighted by Gasteiger charge is -2.41. The van der Waals surface area contributed by atoms with Crippen molar-refractivity contribution in [2.45, 2.75) is 45.4 Å². The maximum absolute atomic E-state index is 5.49. The summed E-state index contributed by atoms with van der Waals surface area (Å²) in [5.41, 5.74) is 0.567. The Bertz CT molecular complexity index is 368. The van der Waals surface area contributed by atoms with E-state index in [1.165, 1.54) is 38.5 Å². The van der Waals surface area contributed by atoms with E-state index in [1.807, 2.05) is 0 Å². The molecular weight excluding hydrogens is 262 g/mol. The fraction of sp³-hybridized carbons (Fsp3) is 0.941. The maximum Gasteiger partial charge on any atom is 0.193 e. The number of aliphatic imine (C=N–C) groups is 1. The standard InChI is InChI=1S/C17H31N3O/c1-3-18-16(20(2)11-14-7-10-21-12-14)19-13-17(8-4-9-17)15-5-6-15/h14-15H,3-13H2,1-2H3,(H,18,19). The van der Waals surface area contributed by atoms with Crippen LogP contribution in [-0.2, 0) is 4.74 Å². The molecule has 4 nitrogen and oxygen atoms in total. The second-order valence-electron chi connectivity index (χ2n) is 7.27. The number of nitrogens with one attached hydrogen (secondary N) is 1. The van der Waals surface area contributed by atoms with Crippen LogP contribution < -0.4 is 5.32 Å². The zero-order valence-electron chi connectivity index (χ0n) is 13.7. The summed E-state index contributed by atoms with van der Waals surface area (Å²) in [5.74, 6) is 2.74. The van der Waals surface area contributed by atoms with E-state index in [0.29, 0.717) is 11.3 Å². The lowest BCUT2D eigenvalue weighted by atomic mass is 9.65. The Labute approximate surface area is 129 Å². The van der Waals surface area contributed by atoms with Crippen LogP contribution in [0.1, 0.15) is 45.4 Å². The molecular formula is C17H31N3O. The Kier molecular flexibility index (Phi) is 4.72. The monoisotopic (exact) mass is 293 g/mol. The molecule has 3 fully saturated rings. The molecule has 1 N–H and O–H groups in total. The number of hydrogen-bond acceptors (Lipinski definition) is 2. The molecule has 0 spiro atoms. The van der Waals surface area contributed by atoms with E-state index >= 15 is 0 Å². The smallest absolute Gasteiger partial charge is 0.193 e. The molecule has 0 bridgehead atoms. The molecule has 3 rings (SSSR count). The molecule has 1 aliphatic heterocycles. The topological polar surface area (TPSA) is 36.9 Å². The van der Waals surface area contributed by atoms with Crippen LogP contribution in [0.25, 0.3) is 0 Å². The number of nitrogens with zero attached hydrogens (tertiary/aromatic N) is 2. The lowest BCUT2D eigenvalue weighted by molar-refractivity contribution is 0.112. The SMILES string of the molecule is CCNC(=NCC1(C2CC2)CCC1)N(C)CC1CCOC1. The van der Waals surface area contributed by atoms with Crippen molar-refractivity contribution in [2.24, 2.45) is 22.2 Å². The molecule has 2 aliphatic carbocycles. The zero-order chi connectivity index (χ0) is 14.7. The minimum Gasteiger partial charge on any atom is -0.381 e. The first-order chi connectivity index (χ1) is 10.2. The average Bonchev–Trinajstić information content (AvgIpc) is 3.14. The van der Waals surface area contributed by atoms with E-state index in [4.69, 9.17) is 9.73 Å². The fourth-order valence-electron chi connectivity index (χ4n) is 3.93. The Morgan fingerprint density at radius 3 is 2.67 bits per heavy atom.